The fourth-order valence-electron chi connectivity index (χ4n) is 2.00. The first kappa shape index (κ1) is 11.9. The molecule has 3 heteroatoms. The first-order valence-corrected chi connectivity index (χ1v) is 6.63. The molecule has 2 aromatic carbocycles. The maximum absolute atomic E-state index is 8.82. The molecule has 0 unspecified atom stereocenters. The number of halogens is 1. The Hall–Kier alpha value is -2.18. The van der Waals surface area contributed by atoms with Gasteiger partial charge in [-0.25, -0.2) is 4.98 Å². The normalized spacial score (nSPS) is 10.3. The Morgan fingerprint density at radius 1 is 1.00 bits per heavy atom. The molecule has 0 saturated heterocycles. The van der Waals surface area contributed by atoms with Crippen LogP contribution >= 0.6 is 15.9 Å². The molecule has 0 saturated carbocycles. The van der Waals surface area contributed by atoms with Crippen LogP contribution in [0.15, 0.2) is 59.1 Å². The minimum atomic E-state index is 0.653. The van der Waals surface area contributed by atoms with Crippen molar-refractivity contribution in [3.63, 3.8) is 0 Å². The maximum Gasteiger partial charge on any atom is 0.0991 e. The van der Waals surface area contributed by atoms with Crippen molar-refractivity contribution in [2.24, 2.45) is 0 Å². The summed E-state index contributed by atoms with van der Waals surface area (Å²) in [6.45, 7) is 0. The average Bonchev–Trinajstić information content (AvgIpc) is 2.47. The highest BCUT2D eigenvalue weighted by atomic mass is 79.9. The molecular formula is C16H9BrN2. The Kier molecular flexibility index (Phi) is 3.02. The van der Waals surface area contributed by atoms with E-state index in [0.717, 1.165) is 26.6 Å². The molecule has 0 aliphatic heterocycles. The van der Waals surface area contributed by atoms with E-state index in [1.54, 1.807) is 12.1 Å². The second-order valence-corrected chi connectivity index (χ2v) is 5.05. The highest BCUT2D eigenvalue weighted by molar-refractivity contribution is 9.10. The van der Waals surface area contributed by atoms with Crippen LogP contribution in [0, 0.1) is 11.3 Å². The Balaban J connectivity index is 2.18. The quantitative estimate of drug-likeness (QED) is 0.662. The standard InChI is InChI=1S/C16H9BrN2/c17-14-9-13-3-1-2-4-15(13)19-16(14)12-7-5-11(10-18)6-8-12/h1-9H. The van der Waals surface area contributed by atoms with Crippen molar-refractivity contribution < 1.29 is 0 Å². The number of nitrogens with zero attached hydrogens (tertiary/aromatic N) is 2. The monoisotopic (exact) mass is 308 g/mol. The summed E-state index contributed by atoms with van der Waals surface area (Å²) in [7, 11) is 0. The lowest BCUT2D eigenvalue weighted by Crippen LogP contribution is -1.87. The molecule has 90 valence electrons. The zero-order valence-corrected chi connectivity index (χ0v) is 11.6. The fraction of sp³-hybridized carbons (Fsp3) is 0. The lowest BCUT2D eigenvalue weighted by atomic mass is 10.1. The van der Waals surface area contributed by atoms with E-state index in [-0.39, 0.29) is 0 Å². The highest BCUT2D eigenvalue weighted by Gasteiger charge is 2.07. The van der Waals surface area contributed by atoms with Crippen molar-refractivity contribution in [2.75, 3.05) is 0 Å². The first-order chi connectivity index (χ1) is 9.28. The predicted molar refractivity (Wildman–Crippen MR) is 79.6 cm³/mol. The number of rotatable bonds is 1. The van der Waals surface area contributed by atoms with Crippen molar-refractivity contribution in [3.8, 4) is 17.3 Å². The summed E-state index contributed by atoms with van der Waals surface area (Å²) in [6, 6.07) is 19.6. The number of nitriles is 1. The average molecular weight is 309 g/mol. The van der Waals surface area contributed by atoms with Gasteiger partial charge in [0.05, 0.1) is 22.8 Å². The minimum absolute atomic E-state index is 0.653. The van der Waals surface area contributed by atoms with Gasteiger partial charge in [-0.2, -0.15) is 5.26 Å². The molecule has 0 fully saturated rings. The van der Waals surface area contributed by atoms with Crippen LogP contribution in [0.1, 0.15) is 5.56 Å². The molecule has 0 atom stereocenters. The van der Waals surface area contributed by atoms with Crippen LogP contribution in [0.3, 0.4) is 0 Å². The van der Waals surface area contributed by atoms with Crippen LogP contribution in [0.4, 0.5) is 0 Å². The lowest BCUT2D eigenvalue weighted by Gasteiger charge is -2.06. The van der Waals surface area contributed by atoms with Crippen molar-refractivity contribution in [1.29, 1.82) is 5.26 Å². The largest absolute Gasteiger partial charge is 0.247 e. The van der Waals surface area contributed by atoms with E-state index >= 15 is 0 Å². The molecule has 2 nitrogen and oxygen atoms in total. The highest BCUT2D eigenvalue weighted by Crippen LogP contribution is 2.29. The second-order valence-electron chi connectivity index (χ2n) is 4.20. The van der Waals surface area contributed by atoms with Crippen molar-refractivity contribution in [2.45, 2.75) is 0 Å². The number of pyridine rings is 1. The zero-order chi connectivity index (χ0) is 13.2. The zero-order valence-electron chi connectivity index (χ0n) is 9.97. The van der Waals surface area contributed by atoms with Gasteiger partial charge >= 0.3 is 0 Å². The topological polar surface area (TPSA) is 36.7 Å². The molecule has 0 N–H and O–H groups in total. The summed E-state index contributed by atoms with van der Waals surface area (Å²) in [5.41, 5.74) is 3.51. The molecule has 0 aliphatic carbocycles. The third kappa shape index (κ3) is 2.23. The molecule has 0 aliphatic rings. The maximum atomic E-state index is 8.82. The van der Waals surface area contributed by atoms with Gasteiger partial charge < -0.3 is 0 Å². The van der Waals surface area contributed by atoms with Gasteiger partial charge in [0, 0.05) is 15.4 Å². The first-order valence-electron chi connectivity index (χ1n) is 5.84. The number of fused-ring (bicyclic) bond motifs is 1. The summed E-state index contributed by atoms with van der Waals surface area (Å²) in [5, 5.41) is 9.92. The van der Waals surface area contributed by atoms with Crippen LogP contribution in [-0.2, 0) is 0 Å². The van der Waals surface area contributed by atoms with Crippen molar-refractivity contribution >= 4 is 26.8 Å². The van der Waals surface area contributed by atoms with Gasteiger partial charge in [-0.1, -0.05) is 30.3 Å². The van der Waals surface area contributed by atoms with Crippen LogP contribution in [0.2, 0.25) is 0 Å². The molecule has 1 heterocycles. The smallest absolute Gasteiger partial charge is 0.0991 e. The van der Waals surface area contributed by atoms with E-state index in [2.05, 4.69) is 33.0 Å². The van der Waals surface area contributed by atoms with Gasteiger partial charge in [0.15, 0.2) is 0 Å². The Morgan fingerprint density at radius 2 is 1.74 bits per heavy atom. The molecule has 1 aromatic heterocycles. The number of aromatic nitrogens is 1. The minimum Gasteiger partial charge on any atom is -0.247 e. The molecule has 3 rings (SSSR count). The van der Waals surface area contributed by atoms with Gasteiger partial charge in [0.2, 0.25) is 0 Å². The summed E-state index contributed by atoms with van der Waals surface area (Å²) < 4.78 is 0.955. The SMILES string of the molecule is N#Cc1ccc(-c2nc3ccccc3cc2Br)cc1. The lowest BCUT2D eigenvalue weighted by molar-refractivity contribution is 1.37. The molecule has 0 amide bonds. The predicted octanol–water partition coefficient (Wildman–Crippen LogP) is 4.54. The van der Waals surface area contributed by atoms with E-state index in [0.29, 0.717) is 5.56 Å². The Morgan fingerprint density at radius 3 is 2.47 bits per heavy atom. The van der Waals surface area contributed by atoms with Gasteiger partial charge in [-0.05, 0) is 40.2 Å². The molecule has 0 bridgehead atoms. The molecule has 0 radical (unpaired) electrons. The number of hydrogen-bond donors (Lipinski definition) is 0. The molecular weight excluding hydrogens is 300 g/mol. The number of hydrogen-bond acceptors (Lipinski definition) is 2. The Bertz CT molecular complexity index is 786. The van der Waals surface area contributed by atoms with Crippen LogP contribution in [0.5, 0.6) is 0 Å². The van der Waals surface area contributed by atoms with Gasteiger partial charge in [-0.15, -0.1) is 0 Å². The van der Waals surface area contributed by atoms with Gasteiger partial charge in [-0.3, -0.25) is 0 Å². The molecule has 0 spiro atoms. The van der Waals surface area contributed by atoms with Crippen LogP contribution in [0.25, 0.3) is 22.2 Å². The fourth-order valence-corrected chi connectivity index (χ4v) is 2.56. The van der Waals surface area contributed by atoms with Crippen molar-refractivity contribution in [3.05, 3.63) is 64.6 Å². The van der Waals surface area contributed by atoms with Gasteiger partial charge in [0.25, 0.3) is 0 Å². The van der Waals surface area contributed by atoms with Gasteiger partial charge in [0.1, 0.15) is 0 Å². The molecule has 3 aromatic rings. The third-order valence-corrected chi connectivity index (χ3v) is 3.57. The van der Waals surface area contributed by atoms with Crippen LogP contribution < -0.4 is 0 Å². The number of benzene rings is 2. The van der Waals surface area contributed by atoms with E-state index in [1.807, 2.05) is 36.4 Å². The van der Waals surface area contributed by atoms with Crippen molar-refractivity contribution in [1.82, 2.24) is 4.98 Å². The summed E-state index contributed by atoms with van der Waals surface area (Å²) in [6.07, 6.45) is 0. The van der Waals surface area contributed by atoms with E-state index in [9.17, 15) is 0 Å². The third-order valence-electron chi connectivity index (χ3n) is 2.96. The van der Waals surface area contributed by atoms with E-state index in [1.165, 1.54) is 0 Å². The Labute approximate surface area is 119 Å². The van der Waals surface area contributed by atoms with E-state index in [4.69, 9.17) is 5.26 Å². The summed E-state index contributed by atoms with van der Waals surface area (Å²) >= 11 is 3.56. The second kappa shape index (κ2) is 4.83. The summed E-state index contributed by atoms with van der Waals surface area (Å²) in [4.78, 5) is 4.67. The van der Waals surface area contributed by atoms with Crippen LogP contribution in [-0.4, -0.2) is 4.98 Å². The van der Waals surface area contributed by atoms with E-state index < -0.39 is 0 Å². The summed E-state index contributed by atoms with van der Waals surface area (Å²) in [5.74, 6) is 0. The molecule has 19 heavy (non-hydrogen) atoms. The number of para-hydroxylation sites is 1.